The Balaban J connectivity index is 2.82. The van der Waals surface area contributed by atoms with Crippen LogP contribution in [0.5, 0.6) is 0 Å². The molecular formula is C14H18N2O. The van der Waals surface area contributed by atoms with E-state index in [0.29, 0.717) is 12.0 Å². The maximum Gasteiger partial charge on any atom is 0.251 e. The van der Waals surface area contributed by atoms with E-state index in [-0.39, 0.29) is 11.9 Å². The first-order chi connectivity index (χ1) is 8.08. The fourth-order valence-corrected chi connectivity index (χ4v) is 1.65. The zero-order valence-corrected chi connectivity index (χ0v) is 10.6. The molecule has 0 radical (unpaired) electrons. The van der Waals surface area contributed by atoms with Gasteiger partial charge in [-0.05, 0) is 31.9 Å². The second kappa shape index (κ2) is 6.05. The summed E-state index contributed by atoms with van der Waals surface area (Å²) >= 11 is 0. The summed E-state index contributed by atoms with van der Waals surface area (Å²) in [4.78, 5) is 12.0. The van der Waals surface area contributed by atoms with Gasteiger partial charge in [-0.15, -0.1) is 0 Å². The first-order valence-corrected chi connectivity index (χ1v) is 5.83. The zero-order chi connectivity index (χ0) is 12.8. The summed E-state index contributed by atoms with van der Waals surface area (Å²) < 4.78 is 0. The van der Waals surface area contributed by atoms with E-state index in [1.165, 1.54) is 0 Å². The molecule has 1 unspecified atom stereocenters. The van der Waals surface area contributed by atoms with Gasteiger partial charge < -0.3 is 5.32 Å². The van der Waals surface area contributed by atoms with Gasteiger partial charge in [-0.25, -0.2) is 0 Å². The number of hydrogen-bond donors (Lipinski definition) is 1. The van der Waals surface area contributed by atoms with E-state index in [2.05, 4.69) is 11.4 Å². The fourth-order valence-electron chi connectivity index (χ4n) is 1.65. The first kappa shape index (κ1) is 13.2. The summed E-state index contributed by atoms with van der Waals surface area (Å²) in [6.45, 7) is 5.84. The molecule has 0 saturated carbocycles. The third-order valence-electron chi connectivity index (χ3n) is 2.80. The predicted octanol–water partition coefficient (Wildman–Crippen LogP) is 2.73. The lowest BCUT2D eigenvalue weighted by Crippen LogP contribution is -2.34. The Labute approximate surface area is 102 Å². The highest BCUT2D eigenvalue weighted by Crippen LogP contribution is 2.11. The minimum absolute atomic E-state index is 0.0626. The van der Waals surface area contributed by atoms with Crippen molar-refractivity contribution in [3.8, 4) is 6.07 Å². The van der Waals surface area contributed by atoms with E-state index in [1.807, 2.05) is 39.0 Å². The predicted molar refractivity (Wildman–Crippen MR) is 67.7 cm³/mol. The summed E-state index contributed by atoms with van der Waals surface area (Å²) in [6, 6.07) is 7.83. The van der Waals surface area contributed by atoms with Crippen LogP contribution in [0.1, 0.15) is 41.3 Å². The van der Waals surface area contributed by atoms with Crippen LogP contribution >= 0.6 is 0 Å². The largest absolute Gasteiger partial charge is 0.348 e. The molecule has 0 spiro atoms. The van der Waals surface area contributed by atoms with Gasteiger partial charge in [-0.2, -0.15) is 5.26 Å². The van der Waals surface area contributed by atoms with Crippen LogP contribution in [0.15, 0.2) is 18.2 Å². The molecule has 1 N–H and O–H groups in total. The molecule has 0 bridgehead atoms. The SMILES string of the molecule is CCC(CC#N)NC(=O)c1cc(C)ccc1C. The molecule has 17 heavy (non-hydrogen) atoms. The number of rotatable bonds is 4. The van der Waals surface area contributed by atoms with Crippen molar-refractivity contribution in [1.29, 1.82) is 5.26 Å². The molecule has 0 aliphatic carbocycles. The second-order valence-corrected chi connectivity index (χ2v) is 4.26. The number of nitriles is 1. The summed E-state index contributed by atoms with van der Waals surface area (Å²) in [6.07, 6.45) is 1.12. The van der Waals surface area contributed by atoms with Gasteiger partial charge in [0, 0.05) is 11.6 Å². The Kier molecular flexibility index (Phi) is 4.71. The molecule has 0 heterocycles. The number of amides is 1. The first-order valence-electron chi connectivity index (χ1n) is 5.83. The summed E-state index contributed by atoms with van der Waals surface area (Å²) in [7, 11) is 0. The van der Waals surface area contributed by atoms with E-state index >= 15 is 0 Å². The maximum atomic E-state index is 12.0. The highest BCUT2D eigenvalue weighted by atomic mass is 16.1. The van der Waals surface area contributed by atoms with Gasteiger partial charge in [-0.3, -0.25) is 4.79 Å². The van der Waals surface area contributed by atoms with Crippen molar-refractivity contribution in [2.75, 3.05) is 0 Å². The van der Waals surface area contributed by atoms with Crippen molar-refractivity contribution in [2.24, 2.45) is 0 Å². The van der Waals surface area contributed by atoms with Crippen LogP contribution in [-0.2, 0) is 0 Å². The maximum absolute atomic E-state index is 12.0. The molecule has 3 nitrogen and oxygen atoms in total. The molecule has 1 atom stereocenters. The van der Waals surface area contributed by atoms with Crippen molar-refractivity contribution in [2.45, 2.75) is 39.7 Å². The topological polar surface area (TPSA) is 52.9 Å². The molecule has 90 valence electrons. The number of nitrogens with zero attached hydrogens (tertiary/aromatic N) is 1. The van der Waals surface area contributed by atoms with Gasteiger partial charge in [0.2, 0.25) is 0 Å². The van der Waals surface area contributed by atoms with Crippen LogP contribution in [0.3, 0.4) is 0 Å². The molecule has 1 aromatic carbocycles. The number of aryl methyl sites for hydroxylation is 2. The number of benzene rings is 1. The number of carbonyl (C=O) groups excluding carboxylic acids is 1. The molecule has 1 aromatic rings. The van der Waals surface area contributed by atoms with E-state index in [4.69, 9.17) is 5.26 Å². The van der Waals surface area contributed by atoms with Crippen molar-refractivity contribution in [3.05, 3.63) is 34.9 Å². The highest BCUT2D eigenvalue weighted by Gasteiger charge is 2.13. The van der Waals surface area contributed by atoms with Crippen LogP contribution in [0.2, 0.25) is 0 Å². The second-order valence-electron chi connectivity index (χ2n) is 4.26. The smallest absolute Gasteiger partial charge is 0.251 e. The minimum Gasteiger partial charge on any atom is -0.348 e. The van der Waals surface area contributed by atoms with Crippen molar-refractivity contribution < 1.29 is 4.79 Å². The number of nitrogens with one attached hydrogen (secondary N) is 1. The zero-order valence-electron chi connectivity index (χ0n) is 10.6. The number of hydrogen-bond acceptors (Lipinski definition) is 2. The van der Waals surface area contributed by atoms with E-state index in [0.717, 1.165) is 17.5 Å². The lowest BCUT2D eigenvalue weighted by Gasteiger charge is -2.15. The normalized spacial score (nSPS) is 11.6. The molecule has 0 aromatic heterocycles. The molecule has 0 aliphatic heterocycles. The van der Waals surface area contributed by atoms with Crippen molar-refractivity contribution in [1.82, 2.24) is 5.32 Å². The van der Waals surface area contributed by atoms with Crippen LogP contribution in [0.25, 0.3) is 0 Å². The fraction of sp³-hybridized carbons (Fsp3) is 0.429. The average Bonchev–Trinajstić information content (AvgIpc) is 2.31. The minimum atomic E-state index is -0.0895. The van der Waals surface area contributed by atoms with Gasteiger partial charge in [0.1, 0.15) is 0 Å². The Hall–Kier alpha value is -1.82. The van der Waals surface area contributed by atoms with Gasteiger partial charge in [0.05, 0.1) is 12.5 Å². The van der Waals surface area contributed by atoms with Gasteiger partial charge in [-0.1, -0.05) is 24.6 Å². The summed E-state index contributed by atoms with van der Waals surface area (Å²) in [5.41, 5.74) is 2.72. The third-order valence-corrected chi connectivity index (χ3v) is 2.80. The summed E-state index contributed by atoms with van der Waals surface area (Å²) in [5.74, 6) is -0.0895. The van der Waals surface area contributed by atoms with Crippen LogP contribution in [0.4, 0.5) is 0 Å². The molecule has 0 fully saturated rings. The molecule has 0 aliphatic rings. The average molecular weight is 230 g/mol. The van der Waals surface area contributed by atoms with Gasteiger partial charge >= 0.3 is 0 Å². The Morgan fingerprint density at radius 2 is 2.18 bits per heavy atom. The van der Waals surface area contributed by atoms with E-state index < -0.39 is 0 Å². The Morgan fingerprint density at radius 1 is 1.47 bits per heavy atom. The van der Waals surface area contributed by atoms with Gasteiger partial charge in [0.25, 0.3) is 5.91 Å². The van der Waals surface area contributed by atoms with Crippen LogP contribution in [-0.4, -0.2) is 11.9 Å². The van der Waals surface area contributed by atoms with Crippen LogP contribution < -0.4 is 5.32 Å². The van der Waals surface area contributed by atoms with Crippen molar-refractivity contribution in [3.63, 3.8) is 0 Å². The van der Waals surface area contributed by atoms with Gasteiger partial charge in [0.15, 0.2) is 0 Å². The Morgan fingerprint density at radius 3 is 2.76 bits per heavy atom. The molecule has 1 rings (SSSR count). The molecule has 3 heteroatoms. The third kappa shape index (κ3) is 3.60. The van der Waals surface area contributed by atoms with E-state index in [1.54, 1.807) is 0 Å². The lowest BCUT2D eigenvalue weighted by atomic mass is 10.0. The summed E-state index contributed by atoms with van der Waals surface area (Å²) in [5, 5.41) is 11.5. The Bertz CT molecular complexity index is 446. The monoisotopic (exact) mass is 230 g/mol. The molecule has 1 amide bonds. The molecular weight excluding hydrogens is 212 g/mol. The lowest BCUT2D eigenvalue weighted by molar-refractivity contribution is 0.0936. The molecule has 0 saturated heterocycles. The quantitative estimate of drug-likeness (QED) is 0.864. The van der Waals surface area contributed by atoms with Crippen molar-refractivity contribution >= 4 is 5.91 Å². The number of carbonyl (C=O) groups is 1. The standard InChI is InChI=1S/C14H18N2O/c1-4-12(7-8-15)16-14(17)13-9-10(2)5-6-11(13)3/h5-6,9,12H,4,7H2,1-3H3,(H,16,17). The van der Waals surface area contributed by atoms with E-state index in [9.17, 15) is 4.79 Å². The highest BCUT2D eigenvalue weighted by molar-refractivity contribution is 5.96. The van der Waals surface area contributed by atoms with Crippen LogP contribution in [0, 0.1) is 25.2 Å².